The first-order chi connectivity index (χ1) is 5.91. The van der Waals surface area contributed by atoms with Gasteiger partial charge in [-0.2, -0.15) is 0 Å². The molecule has 72 valence electrons. The van der Waals surface area contributed by atoms with Gasteiger partial charge >= 0.3 is 0 Å². The van der Waals surface area contributed by atoms with E-state index in [2.05, 4.69) is 0 Å². The van der Waals surface area contributed by atoms with E-state index in [0.29, 0.717) is 39.4 Å². The molecule has 0 bridgehead atoms. The Labute approximate surface area is 73.5 Å². The maximum atomic E-state index is 6.72. The fourth-order valence-electron chi connectivity index (χ4n) is 0.650. The molecule has 4 heteroatoms. The number of nitrogens with two attached hydrogens (primary N) is 1. The molecule has 3 N–H and O–H groups in total. The van der Waals surface area contributed by atoms with E-state index in [0.717, 1.165) is 6.42 Å². The first-order valence-electron chi connectivity index (χ1n) is 4.26. The zero-order valence-corrected chi connectivity index (χ0v) is 7.42. The van der Waals surface area contributed by atoms with Gasteiger partial charge in [0.15, 0.2) is 0 Å². The number of ether oxygens (including phenoxy) is 2. The van der Waals surface area contributed by atoms with Crippen LogP contribution in [-0.4, -0.2) is 39.2 Å². The number of nitrogens with one attached hydrogen (secondary N) is 1. The fourth-order valence-corrected chi connectivity index (χ4v) is 0.650. The van der Waals surface area contributed by atoms with Gasteiger partial charge in [0.1, 0.15) is 0 Å². The molecule has 0 aromatic carbocycles. The summed E-state index contributed by atoms with van der Waals surface area (Å²) < 4.78 is 10.3. The number of rotatable bonds is 9. The van der Waals surface area contributed by atoms with E-state index in [-0.39, 0.29) is 0 Å². The van der Waals surface area contributed by atoms with Crippen molar-refractivity contribution in [2.75, 3.05) is 33.0 Å². The highest BCUT2D eigenvalue weighted by Gasteiger charge is 1.88. The maximum absolute atomic E-state index is 6.72. The first kappa shape index (κ1) is 11.6. The van der Waals surface area contributed by atoms with Crippen molar-refractivity contribution in [3.05, 3.63) is 0 Å². The molecule has 0 amide bonds. The largest absolute Gasteiger partial charge is 0.379 e. The van der Waals surface area contributed by atoms with Gasteiger partial charge in [0.05, 0.1) is 19.8 Å². The number of hydrogen-bond acceptors (Lipinski definition) is 4. The molecular weight excluding hydrogens is 156 g/mol. The van der Waals surface area contributed by atoms with Gasteiger partial charge in [-0.15, -0.1) is 0 Å². The van der Waals surface area contributed by atoms with Crippen LogP contribution >= 0.6 is 0 Å². The SMILES string of the molecule is N=CCCOCCOCCCN. The van der Waals surface area contributed by atoms with Crippen LogP contribution in [0.4, 0.5) is 0 Å². The third kappa shape index (κ3) is 9.55. The van der Waals surface area contributed by atoms with Gasteiger partial charge in [-0.1, -0.05) is 0 Å². The second kappa shape index (κ2) is 10.6. The summed E-state index contributed by atoms with van der Waals surface area (Å²) in [6.45, 7) is 3.24. The number of hydrogen-bond donors (Lipinski definition) is 2. The van der Waals surface area contributed by atoms with Crippen molar-refractivity contribution < 1.29 is 9.47 Å². The van der Waals surface area contributed by atoms with Crippen molar-refractivity contribution >= 4 is 6.21 Å². The lowest BCUT2D eigenvalue weighted by molar-refractivity contribution is 0.0503. The van der Waals surface area contributed by atoms with Crippen LogP contribution in [0.2, 0.25) is 0 Å². The monoisotopic (exact) mass is 174 g/mol. The van der Waals surface area contributed by atoms with Crippen LogP contribution < -0.4 is 5.73 Å². The zero-order chi connectivity index (χ0) is 9.07. The summed E-state index contributed by atoms with van der Waals surface area (Å²) in [4.78, 5) is 0. The van der Waals surface area contributed by atoms with Crippen molar-refractivity contribution in [1.82, 2.24) is 0 Å². The summed E-state index contributed by atoms with van der Waals surface area (Å²) in [5.74, 6) is 0. The highest BCUT2D eigenvalue weighted by atomic mass is 16.5. The molecule has 0 unspecified atom stereocenters. The van der Waals surface area contributed by atoms with Crippen LogP contribution in [0.1, 0.15) is 12.8 Å². The average molecular weight is 174 g/mol. The molecule has 0 spiro atoms. The Morgan fingerprint density at radius 3 is 2.33 bits per heavy atom. The summed E-state index contributed by atoms with van der Waals surface area (Å²) in [6.07, 6.45) is 2.93. The molecular formula is C8H18N2O2. The Kier molecular flexibility index (Phi) is 10.2. The summed E-state index contributed by atoms with van der Waals surface area (Å²) in [6, 6.07) is 0. The third-order valence-corrected chi connectivity index (χ3v) is 1.27. The molecule has 0 aliphatic carbocycles. The predicted molar refractivity (Wildman–Crippen MR) is 48.7 cm³/mol. The second-order valence-electron chi connectivity index (χ2n) is 2.36. The van der Waals surface area contributed by atoms with Crippen LogP contribution in [0.3, 0.4) is 0 Å². The lowest BCUT2D eigenvalue weighted by Gasteiger charge is -2.03. The molecule has 0 saturated carbocycles. The van der Waals surface area contributed by atoms with E-state index in [1.54, 1.807) is 0 Å². The van der Waals surface area contributed by atoms with Crippen LogP contribution in [0.15, 0.2) is 0 Å². The normalized spacial score (nSPS) is 10.1. The summed E-state index contributed by atoms with van der Waals surface area (Å²) in [5, 5.41) is 6.72. The summed E-state index contributed by atoms with van der Waals surface area (Å²) in [5.41, 5.74) is 5.27. The minimum absolute atomic E-state index is 0.610. The van der Waals surface area contributed by atoms with Crippen molar-refractivity contribution in [1.29, 1.82) is 5.41 Å². The molecule has 0 rings (SSSR count). The van der Waals surface area contributed by atoms with Crippen LogP contribution in [0, 0.1) is 5.41 Å². The first-order valence-corrected chi connectivity index (χ1v) is 4.26. The van der Waals surface area contributed by atoms with E-state index in [9.17, 15) is 0 Å². The maximum Gasteiger partial charge on any atom is 0.0700 e. The Balaban J connectivity index is 2.77. The summed E-state index contributed by atoms with van der Waals surface area (Å²) in [7, 11) is 0. The minimum Gasteiger partial charge on any atom is -0.379 e. The van der Waals surface area contributed by atoms with Gasteiger partial charge in [-0.3, -0.25) is 0 Å². The Hall–Kier alpha value is -0.450. The van der Waals surface area contributed by atoms with Crippen LogP contribution in [-0.2, 0) is 9.47 Å². The van der Waals surface area contributed by atoms with Gasteiger partial charge < -0.3 is 20.6 Å². The van der Waals surface area contributed by atoms with E-state index < -0.39 is 0 Å². The molecule has 0 fully saturated rings. The zero-order valence-electron chi connectivity index (χ0n) is 7.42. The quantitative estimate of drug-likeness (QED) is 0.393. The predicted octanol–water partition coefficient (Wildman–Crippen LogP) is 0.408. The molecule has 0 aromatic heterocycles. The van der Waals surface area contributed by atoms with E-state index in [1.807, 2.05) is 0 Å². The third-order valence-electron chi connectivity index (χ3n) is 1.27. The van der Waals surface area contributed by atoms with E-state index in [1.165, 1.54) is 6.21 Å². The Morgan fingerprint density at radius 1 is 1.08 bits per heavy atom. The standard InChI is InChI=1S/C8H18N2O2/c9-3-1-5-11-7-8-12-6-2-4-10/h3,9H,1-2,4-8,10H2. The molecule has 12 heavy (non-hydrogen) atoms. The van der Waals surface area contributed by atoms with Crippen LogP contribution in [0.25, 0.3) is 0 Å². The molecule has 0 aliphatic rings. The van der Waals surface area contributed by atoms with E-state index >= 15 is 0 Å². The summed E-state index contributed by atoms with van der Waals surface area (Å²) >= 11 is 0. The Morgan fingerprint density at radius 2 is 1.75 bits per heavy atom. The molecule has 0 aromatic rings. The second-order valence-corrected chi connectivity index (χ2v) is 2.36. The molecule has 0 radical (unpaired) electrons. The fraction of sp³-hybridized carbons (Fsp3) is 0.875. The van der Waals surface area contributed by atoms with Gasteiger partial charge in [0.25, 0.3) is 0 Å². The Bertz CT molecular complexity index is 99.1. The van der Waals surface area contributed by atoms with Gasteiger partial charge in [0, 0.05) is 13.0 Å². The van der Waals surface area contributed by atoms with Gasteiger partial charge in [-0.05, 0) is 19.2 Å². The highest BCUT2D eigenvalue weighted by Crippen LogP contribution is 1.82. The topological polar surface area (TPSA) is 68.3 Å². The smallest absolute Gasteiger partial charge is 0.0700 e. The van der Waals surface area contributed by atoms with Crippen molar-refractivity contribution in [3.8, 4) is 0 Å². The lowest BCUT2D eigenvalue weighted by atomic mass is 10.5. The molecule has 0 heterocycles. The van der Waals surface area contributed by atoms with E-state index in [4.69, 9.17) is 20.6 Å². The van der Waals surface area contributed by atoms with Crippen LogP contribution in [0.5, 0.6) is 0 Å². The lowest BCUT2D eigenvalue weighted by Crippen LogP contribution is -2.09. The van der Waals surface area contributed by atoms with Crippen molar-refractivity contribution in [2.45, 2.75) is 12.8 Å². The van der Waals surface area contributed by atoms with Crippen molar-refractivity contribution in [2.24, 2.45) is 5.73 Å². The van der Waals surface area contributed by atoms with Gasteiger partial charge in [-0.25, -0.2) is 0 Å². The minimum atomic E-state index is 0.610. The highest BCUT2D eigenvalue weighted by molar-refractivity contribution is 5.52. The van der Waals surface area contributed by atoms with Crippen molar-refractivity contribution in [3.63, 3.8) is 0 Å². The van der Waals surface area contributed by atoms with Gasteiger partial charge in [0.2, 0.25) is 0 Å². The molecule has 4 nitrogen and oxygen atoms in total. The molecule has 0 atom stereocenters. The molecule has 0 aliphatic heterocycles. The average Bonchev–Trinajstić information content (AvgIpc) is 2.10. The molecule has 0 saturated heterocycles.